The molecule has 1 fully saturated rings. The Morgan fingerprint density at radius 3 is 2.55 bits per heavy atom. The third kappa shape index (κ3) is 4.62. The SMILES string of the molecule is CON=C(CCC(=O)N1CCCCC1)c1ccc(Cl)c(Cl)c1. The van der Waals surface area contributed by atoms with Gasteiger partial charge in [-0.25, -0.2) is 0 Å². The number of rotatable bonds is 5. The summed E-state index contributed by atoms with van der Waals surface area (Å²) in [7, 11) is 1.49. The molecule has 1 aliphatic rings. The Bertz CT molecular complexity index is 555. The van der Waals surface area contributed by atoms with Gasteiger partial charge in [-0.3, -0.25) is 4.79 Å². The van der Waals surface area contributed by atoms with E-state index in [0.717, 1.165) is 31.5 Å². The lowest BCUT2D eigenvalue weighted by Crippen LogP contribution is -2.35. The Morgan fingerprint density at radius 1 is 1.18 bits per heavy atom. The summed E-state index contributed by atoms with van der Waals surface area (Å²) in [6.45, 7) is 1.73. The quantitative estimate of drug-likeness (QED) is 0.596. The molecule has 6 heteroatoms. The highest BCUT2D eigenvalue weighted by molar-refractivity contribution is 6.42. The molecule has 0 bridgehead atoms. The maximum absolute atomic E-state index is 12.2. The van der Waals surface area contributed by atoms with Gasteiger partial charge in [0, 0.05) is 31.5 Å². The number of nitrogens with zero attached hydrogens (tertiary/aromatic N) is 2. The van der Waals surface area contributed by atoms with E-state index in [1.54, 1.807) is 12.1 Å². The van der Waals surface area contributed by atoms with E-state index in [2.05, 4.69) is 5.16 Å². The summed E-state index contributed by atoms with van der Waals surface area (Å²) in [5.74, 6) is 0.170. The fourth-order valence-electron chi connectivity index (χ4n) is 2.56. The molecule has 1 amide bonds. The predicted molar refractivity (Wildman–Crippen MR) is 89.7 cm³/mol. The molecule has 22 heavy (non-hydrogen) atoms. The van der Waals surface area contributed by atoms with Gasteiger partial charge in [0.1, 0.15) is 7.11 Å². The van der Waals surface area contributed by atoms with Crippen LogP contribution in [0.1, 0.15) is 37.7 Å². The molecule has 0 aliphatic carbocycles. The maximum Gasteiger partial charge on any atom is 0.222 e. The standard InChI is InChI=1S/C16H20Cl2N2O2/c1-22-19-15(12-5-6-13(17)14(18)11-12)7-8-16(21)20-9-3-2-4-10-20/h5-6,11H,2-4,7-10H2,1H3. The molecule has 0 aromatic heterocycles. The van der Waals surface area contributed by atoms with E-state index >= 15 is 0 Å². The van der Waals surface area contributed by atoms with E-state index in [1.807, 2.05) is 11.0 Å². The average molecular weight is 343 g/mol. The van der Waals surface area contributed by atoms with Crippen LogP contribution in [0.15, 0.2) is 23.4 Å². The Balaban J connectivity index is 2.01. The van der Waals surface area contributed by atoms with Crippen LogP contribution in [0.3, 0.4) is 0 Å². The van der Waals surface area contributed by atoms with E-state index in [1.165, 1.54) is 13.5 Å². The molecule has 2 rings (SSSR count). The molecule has 1 aromatic carbocycles. The van der Waals surface area contributed by atoms with Gasteiger partial charge in [-0.2, -0.15) is 0 Å². The zero-order valence-corrected chi connectivity index (χ0v) is 14.2. The summed E-state index contributed by atoms with van der Waals surface area (Å²) >= 11 is 12.0. The Morgan fingerprint density at radius 2 is 1.91 bits per heavy atom. The van der Waals surface area contributed by atoms with E-state index in [4.69, 9.17) is 28.0 Å². The van der Waals surface area contributed by atoms with Crippen molar-refractivity contribution in [2.75, 3.05) is 20.2 Å². The van der Waals surface area contributed by atoms with Crippen LogP contribution in [0.25, 0.3) is 0 Å². The van der Waals surface area contributed by atoms with E-state index < -0.39 is 0 Å². The van der Waals surface area contributed by atoms with Crippen molar-refractivity contribution < 1.29 is 9.63 Å². The third-order valence-corrected chi connectivity index (χ3v) is 4.48. The largest absolute Gasteiger partial charge is 0.399 e. The van der Waals surface area contributed by atoms with Gasteiger partial charge in [-0.05, 0) is 31.4 Å². The number of halogens is 2. The highest BCUT2D eigenvalue weighted by Gasteiger charge is 2.17. The van der Waals surface area contributed by atoms with Crippen LogP contribution >= 0.6 is 23.2 Å². The molecule has 120 valence electrons. The van der Waals surface area contributed by atoms with Crippen molar-refractivity contribution in [2.24, 2.45) is 5.16 Å². The molecule has 0 spiro atoms. The molecule has 0 unspecified atom stereocenters. The topological polar surface area (TPSA) is 41.9 Å². The minimum absolute atomic E-state index is 0.170. The van der Waals surface area contributed by atoms with Crippen molar-refractivity contribution in [3.05, 3.63) is 33.8 Å². The molecule has 0 N–H and O–H groups in total. The first kappa shape index (κ1) is 17.1. The van der Waals surface area contributed by atoms with E-state index in [-0.39, 0.29) is 5.91 Å². The lowest BCUT2D eigenvalue weighted by molar-refractivity contribution is -0.131. The van der Waals surface area contributed by atoms with Gasteiger partial charge < -0.3 is 9.74 Å². The third-order valence-electron chi connectivity index (χ3n) is 3.74. The Hall–Kier alpha value is -1.26. The number of oxime groups is 1. The molecular formula is C16H20Cl2N2O2. The summed E-state index contributed by atoms with van der Waals surface area (Å²) < 4.78 is 0. The lowest BCUT2D eigenvalue weighted by Gasteiger charge is -2.26. The second kappa shape index (κ2) is 8.39. The van der Waals surface area contributed by atoms with Crippen molar-refractivity contribution in [1.29, 1.82) is 0 Å². The zero-order chi connectivity index (χ0) is 15.9. The first-order valence-corrected chi connectivity index (χ1v) is 8.20. The average Bonchev–Trinajstić information content (AvgIpc) is 2.54. The molecule has 1 aliphatic heterocycles. The van der Waals surface area contributed by atoms with Gasteiger partial charge in [0.2, 0.25) is 5.91 Å². The van der Waals surface area contributed by atoms with Gasteiger partial charge >= 0.3 is 0 Å². The molecular weight excluding hydrogens is 323 g/mol. The highest BCUT2D eigenvalue weighted by atomic mass is 35.5. The van der Waals surface area contributed by atoms with Crippen LogP contribution in [0.2, 0.25) is 10.0 Å². The fraction of sp³-hybridized carbons (Fsp3) is 0.500. The summed E-state index contributed by atoms with van der Waals surface area (Å²) in [6.07, 6.45) is 4.34. The Labute approximate surface area is 141 Å². The molecule has 0 saturated carbocycles. The van der Waals surface area contributed by atoms with Crippen LogP contribution in [-0.4, -0.2) is 36.7 Å². The summed E-state index contributed by atoms with van der Waals surface area (Å²) in [5.41, 5.74) is 1.52. The highest BCUT2D eigenvalue weighted by Crippen LogP contribution is 2.24. The van der Waals surface area contributed by atoms with Crippen LogP contribution in [-0.2, 0) is 9.63 Å². The van der Waals surface area contributed by atoms with E-state index in [0.29, 0.717) is 28.6 Å². The minimum atomic E-state index is 0.170. The predicted octanol–water partition coefficient (Wildman–Crippen LogP) is 4.14. The fourth-order valence-corrected chi connectivity index (χ4v) is 2.85. The van der Waals surface area contributed by atoms with Gasteiger partial charge in [0.15, 0.2) is 0 Å². The molecule has 4 nitrogen and oxygen atoms in total. The van der Waals surface area contributed by atoms with Crippen LogP contribution < -0.4 is 0 Å². The van der Waals surface area contributed by atoms with Gasteiger partial charge in [0.05, 0.1) is 15.8 Å². The zero-order valence-electron chi connectivity index (χ0n) is 12.6. The summed E-state index contributed by atoms with van der Waals surface area (Å²) in [4.78, 5) is 19.1. The normalized spacial score (nSPS) is 15.8. The maximum atomic E-state index is 12.2. The summed E-state index contributed by atoms with van der Waals surface area (Å²) in [5, 5.41) is 4.98. The van der Waals surface area contributed by atoms with Crippen molar-refractivity contribution in [3.8, 4) is 0 Å². The second-order valence-electron chi connectivity index (χ2n) is 5.29. The number of carbonyl (C=O) groups is 1. The van der Waals surface area contributed by atoms with Crippen molar-refractivity contribution in [3.63, 3.8) is 0 Å². The molecule has 1 aromatic rings. The van der Waals surface area contributed by atoms with E-state index in [9.17, 15) is 4.79 Å². The number of hydrogen-bond donors (Lipinski definition) is 0. The number of carbonyl (C=O) groups excluding carboxylic acids is 1. The minimum Gasteiger partial charge on any atom is -0.399 e. The first-order chi connectivity index (χ1) is 10.6. The second-order valence-corrected chi connectivity index (χ2v) is 6.11. The first-order valence-electron chi connectivity index (χ1n) is 7.45. The van der Waals surface area contributed by atoms with Crippen molar-refractivity contribution in [1.82, 2.24) is 4.90 Å². The number of benzene rings is 1. The number of hydrogen-bond acceptors (Lipinski definition) is 3. The lowest BCUT2D eigenvalue weighted by atomic mass is 10.0. The monoisotopic (exact) mass is 342 g/mol. The Kier molecular flexibility index (Phi) is 6.52. The van der Waals surface area contributed by atoms with Gasteiger partial charge in [-0.15, -0.1) is 0 Å². The van der Waals surface area contributed by atoms with Crippen molar-refractivity contribution >= 4 is 34.8 Å². The summed E-state index contributed by atoms with van der Waals surface area (Å²) in [6, 6.07) is 5.29. The molecule has 1 heterocycles. The molecule has 0 atom stereocenters. The number of piperidine rings is 1. The van der Waals surface area contributed by atoms with Crippen molar-refractivity contribution in [2.45, 2.75) is 32.1 Å². The number of amides is 1. The smallest absolute Gasteiger partial charge is 0.222 e. The van der Waals surface area contributed by atoms with Gasteiger partial charge in [-0.1, -0.05) is 34.4 Å². The van der Waals surface area contributed by atoms with Crippen LogP contribution in [0.5, 0.6) is 0 Å². The van der Waals surface area contributed by atoms with Crippen LogP contribution in [0.4, 0.5) is 0 Å². The number of likely N-dealkylation sites (tertiary alicyclic amines) is 1. The van der Waals surface area contributed by atoms with Crippen LogP contribution in [0, 0.1) is 0 Å². The molecule has 1 saturated heterocycles. The molecule has 0 radical (unpaired) electrons. The van der Waals surface area contributed by atoms with Gasteiger partial charge in [0.25, 0.3) is 0 Å².